The quantitative estimate of drug-likeness (QED) is 0.788. The van der Waals surface area contributed by atoms with Crippen molar-refractivity contribution in [1.29, 1.82) is 0 Å². The van der Waals surface area contributed by atoms with Crippen LogP contribution in [0, 0.1) is 0 Å². The molecule has 0 spiro atoms. The molecule has 0 aromatic heterocycles. The van der Waals surface area contributed by atoms with E-state index in [0.717, 1.165) is 18.5 Å². The Balaban J connectivity index is 1.74. The van der Waals surface area contributed by atoms with Crippen LogP contribution in [0.2, 0.25) is 0 Å². The van der Waals surface area contributed by atoms with Crippen LogP contribution in [0.1, 0.15) is 16.8 Å². The molecule has 1 aliphatic rings. The number of likely N-dealkylation sites (N-methyl/N-ethyl adjacent to an activating group) is 1. The molecule has 0 radical (unpaired) electrons. The zero-order valence-corrected chi connectivity index (χ0v) is 13.4. The molecule has 2 nitrogen and oxygen atoms in total. The third kappa shape index (κ3) is 3.49. The summed E-state index contributed by atoms with van der Waals surface area (Å²) < 4.78 is 0. The van der Waals surface area contributed by atoms with E-state index in [1.807, 2.05) is 55.6 Å². The number of rotatable bonds is 4. The highest BCUT2D eigenvalue weighted by atomic mass is 32.2. The molecule has 0 saturated carbocycles. The van der Waals surface area contributed by atoms with E-state index in [1.54, 1.807) is 11.8 Å². The first-order valence-electron chi connectivity index (χ1n) is 7.45. The van der Waals surface area contributed by atoms with Gasteiger partial charge < -0.3 is 0 Å². The zero-order valence-electron chi connectivity index (χ0n) is 12.6. The highest BCUT2D eigenvalue weighted by Gasteiger charge is 2.28. The molecule has 0 N–H and O–H groups in total. The topological polar surface area (TPSA) is 20.3 Å². The van der Waals surface area contributed by atoms with Gasteiger partial charge in [0.05, 0.1) is 6.04 Å². The van der Waals surface area contributed by atoms with Gasteiger partial charge in [0, 0.05) is 23.4 Å². The maximum Gasteiger partial charge on any atom is 0.180 e. The standard InChI is InChI=1S/C19H19NOS/c1-20-13-12-17(22-16-10-6-3-7-11-16)14-18(20)19(21)15-8-4-2-5-9-15/h2-12,18H,13-14H2,1H3. The summed E-state index contributed by atoms with van der Waals surface area (Å²) in [6, 6.07) is 19.9. The molecule has 1 aliphatic heterocycles. The minimum Gasteiger partial charge on any atom is -0.292 e. The molecule has 0 saturated heterocycles. The van der Waals surface area contributed by atoms with E-state index in [-0.39, 0.29) is 11.8 Å². The molecule has 0 amide bonds. The van der Waals surface area contributed by atoms with E-state index in [9.17, 15) is 4.79 Å². The number of hydrogen-bond donors (Lipinski definition) is 0. The molecule has 1 unspecified atom stereocenters. The lowest BCUT2D eigenvalue weighted by Gasteiger charge is -2.31. The van der Waals surface area contributed by atoms with E-state index in [1.165, 1.54) is 9.80 Å². The average Bonchev–Trinajstić information content (AvgIpc) is 2.58. The number of ketones is 1. The number of carbonyl (C=O) groups is 1. The molecular formula is C19H19NOS. The highest BCUT2D eigenvalue weighted by Crippen LogP contribution is 2.33. The van der Waals surface area contributed by atoms with Crippen molar-refractivity contribution in [2.24, 2.45) is 0 Å². The van der Waals surface area contributed by atoms with E-state index in [4.69, 9.17) is 0 Å². The molecule has 3 rings (SSSR count). The van der Waals surface area contributed by atoms with Crippen LogP contribution in [-0.2, 0) is 0 Å². The van der Waals surface area contributed by atoms with Crippen LogP contribution in [0.4, 0.5) is 0 Å². The Labute approximate surface area is 135 Å². The Kier molecular flexibility index (Phi) is 4.76. The van der Waals surface area contributed by atoms with Crippen LogP contribution in [-0.4, -0.2) is 30.3 Å². The van der Waals surface area contributed by atoms with Crippen molar-refractivity contribution in [2.45, 2.75) is 17.4 Å². The first kappa shape index (κ1) is 15.1. The Morgan fingerprint density at radius 2 is 1.68 bits per heavy atom. The SMILES string of the molecule is CN1CC=C(Sc2ccccc2)CC1C(=O)c1ccccc1. The van der Waals surface area contributed by atoms with Gasteiger partial charge in [0.1, 0.15) is 0 Å². The van der Waals surface area contributed by atoms with Gasteiger partial charge in [0.2, 0.25) is 0 Å². The molecule has 1 atom stereocenters. The maximum absolute atomic E-state index is 12.7. The van der Waals surface area contributed by atoms with Gasteiger partial charge in [0.25, 0.3) is 0 Å². The van der Waals surface area contributed by atoms with Crippen molar-refractivity contribution in [1.82, 2.24) is 4.90 Å². The largest absolute Gasteiger partial charge is 0.292 e. The molecule has 0 fully saturated rings. The summed E-state index contributed by atoms with van der Waals surface area (Å²) in [6.07, 6.45) is 3.01. The Morgan fingerprint density at radius 1 is 1.05 bits per heavy atom. The van der Waals surface area contributed by atoms with Crippen LogP contribution in [0.3, 0.4) is 0 Å². The molecule has 0 aliphatic carbocycles. The first-order valence-corrected chi connectivity index (χ1v) is 8.27. The van der Waals surface area contributed by atoms with Crippen molar-refractivity contribution in [2.75, 3.05) is 13.6 Å². The zero-order chi connectivity index (χ0) is 15.4. The summed E-state index contributed by atoms with van der Waals surface area (Å²) in [5.41, 5.74) is 0.797. The van der Waals surface area contributed by atoms with Crippen molar-refractivity contribution in [3.63, 3.8) is 0 Å². The van der Waals surface area contributed by atoms with Gasteiger partial charge in [-0.15, -0.1) is 0 Å². The second-order valence-electron chi connectivity index (χ2n) is 5.48. The monoisotopic (exact) mass is 309 g/mol. The molecule has 2 aromatic rings. The summed E-state index contributed by atoms with van der Waals surface area (Å²) in [7, 11) is 2.02. The second-order valence-corrected chi connectivity index (χ2v) is 6.68. The molecule has 3 heteroatoms. The van der Waals surface area contributed by atoms with Gasteiger partial charge in [-0.1, -0.05) is 66.4 Å². The molecule has 22 heavy (non-hydrogen) atoms. The number of hydrogen-bond acceptors (Lipinski definition) is 3. The van der Waals surface area contributed by atoms with Gasteiger partial charge >= 0.3 is 0 Å². The van der Waals surface area contributed by atoms with Gasteiger partial charge in [-0.2, -0.15) is 0 Å². The minimum atomic E-state index is -0.0707. The van der Waals surface area contributed by atoms with Crippen LogP contribution in [0.5, 0.6) is 0 Å². The summed E-state index contributed by atoms with van der Waals surface area (Å²) in [4.78, 5) is 17.4. The molecule has 0 bridgehead atoms. The van der Waals surface area contributed by atoms with Crippen molar-refractivity contribution >= 4 is 17.5 Å². The lowest BCUT2D eigenvalue weighted by molar-refractivity contribution is 0.0856. The molecule has 112 valence electrons. The van der Waals surface area contributed by atoms with Crippen LogP contribution in [0.25, 0.3) is 0 Å². The Hall–Kier alpha value is -1.84. The van der Waals surface area contributed by atoms with Crippen LogP contribution >= 0.6 is 11.8 Å². The molecule has 1 heterocycles. The van der Waals surface area contributed by atoms with E-state index < -0.39 is 0 Å². The van der Waals surface area contributed by atoms with E-state index in [2.05, 4.69) is 23.1 Å². The van der Waals surface area contributed by atoms with Gasteiger partial charge in [-0.25, -0.2) is 0 Å². The fourth-order valence-electron chi connectivity index (χ4n) is 2.61. The third-order valence-corrected chi connectivity index (χ3v) is 4.99. The van der Waals surface area contributed by atoms with Crippen molar-refractivity contribution in [3.05, 3.63) is 77.2 Å². The number of thioether (sulfide) groups is 1. The van der Waals surface area contributed by atoms with Crippen molar-refractivity contribution < 1.29 is 4.79 Å². The summed E-state index contributed by atoms with van der Waals surface area (Å²) in [5.74, 6) is 0.211. The fraction of sp³-hybridized carbons (Fsp3) is 0.211. The molecule has 2 aromatic carbocycles. The number of carbonyl (C=O) groups excluding carboxylic acids is 1. The van der Waals surface area contributed by atoms with E-state index in [0.29, 0.717) is 0 Å². The average molecular weight is 309 g/mol. The summed E-state index contributed by atoms with van der Waals surface area (Å²) >= 11 is 1.77. The summed E-state index contributed by atoms with van der Waals surface area (Å²) in [5, 5.41) is 0. The van der Waals surface area contributed by atoms with Crippen molar-refractivity contribution in [3.8, 4) is 0 Å². The number of Topliss-reactive ketones (excluding diaryl/α,β-unsaturated/α-hetero) is 1. The normalized spacial score (nSPS) is 18.8. The molecular weight excluding hydrogens is 290 g/mol. The van der Waals surface area contributed by atoms with Crippen LogP contribution < -0.4 is 0 Å². The lowest BCUT2D eigenvalue weighted by Crippen LogP contribution is -2.41. The third-order valence-electron chi connectivity index (χ3n) is 3.89. The van der Waals surface area contributed by atoms with Gasteiger partial charge in [-0.3, -0.25) is 9.69 Å². The van der Waals surface area contributed by atoms with E-state index >= 15 is 0 Å². The number of nitrogens with zero attached hydrogens (tertiary/aromatic N) is 1. The van der Waals surface area contributed by atoms with Gasteiger partial charge in [-0.05, 0) is 24.1 Å². The summed E-state index contributed by atoms with van der Waals surface area (Å²) in [6.45, 7) is 0.818. The Bertz CT molecular complexity index is 666. The highest BCUT2D eigenvalue weighted by molar-refractivity contribution is 8.03. The number of benzene rings is 2. The second kappa shape index (κ2) is 6.95. The predicted molar refractivity (Wildman–Crippen MR) is 92.2 cm³/mol. The maximum atomic E-state index is 12.7. The smallest absolute Gasteiger partial charge is 0.180 e. The lowest BCUT2D eigenvalue weighted by atomic mass is 9.98. The Morgan fingerprint density at radius 3 is 2.36 bits per heavy atom. The minimum absolute atomic E-state index is 0.0707. The van der Waals surface area contributed by atoms with Crippen LogP contribution in [0.15, 0.2) is 76.5 Å². The first-order chi connectivity index (χ1) is 10.7. The van der Waals surface area contributed by atoms with Gasteiger partial charge in [0.15, 0.2) is 5.78 Å². The predicted octanol–water partition coefficient (Wildman–Crippen LogP) is 4.25. The fourth-order valence-corrected chi connectivity index (χ4v) is 3.61.